The Morgan fingerprint density at radius 1 is 1.04 bits per heavy atom. The number of nitrogens with one attached hydrogen (secondary N) is 1. The number of alkyl halides is 2. The van der Waals surface area contributed by atoms with Gasteiger partial charge in [0.2, 0.25) is 0 Å². The van der Waals surface area contributed by atoms with E-state index in [-0.39, 0.29) is 29.8 Å². The number of hydrogen-bond donors (Lipinski definition) is 2. The Hall–Kier alpha value is -2.47. The molecule has 1 aliphatic rings. The molecule has 1 aliphatic carbocycles. The van der Waals surface area contributed by atoms with Crippen LogP contribution in [0.4, 0.5) is 8.78 Å². The van der Waals surface area contributed by atoms with Crippen molar-refractivity contribution in [3.05, 3.63) is 65.7 Å². The lowest BCUT2D eigenvalue weighted by Crippen LogP contribution is -2.93. The van der Waals surface area contributed by atoms with E-state index in [9.17, 15) is 13.6 Å². The molecule has 0 aromatic heterocycles. The van der Waals surface area contributed by atoms with E-state index < -0.39 is 6.61 Å². The molecule has 0 unspecified atom stereocenters. The fourth-order valence-electron chi connectivity index (χ4n) is 3.71. The van der Waals surface area contributed by atoms with Gasteiger partial charge in [-0.3, -0.25) is 4.79 Å². The first-order valence-electron chi connectivity index (χ1n) is 9.78. The summed E-state index contributed by atoms with van der Waals surface area (Å²) in [7, 11) is 0. The average Bonchev–Trinajstić information content (AvgIpc) is 3.20. The highest BCUT2D eigenvalue weighted by molar-refractivity contribution is 5.80. The van der Waals surface area contributed by atoms with Crippen molar-refractivity contribution in [2.75, 3.05) is 0 Å². The van der Waals surface area contributed by atoms with Crippen LogP contribution in [0.2, 0.25) is 0 Å². The fraction of sp³-hybridized carbons (Fsp3) is 0.409. The highest BCUT2D eigenvalue weighted by Crippen LogP contribution is 2.22. The zero-order chi connectivity index (χ0) is 19.9. The van der Waals surface area contributed by atoms with E-state index in [2.05, 4.69) is 10.1 Å². The van der Waals surface area contributed by atoms with Crippen LogP contribution in [-0.4, -0.2) is 24.6 Å². The van der Waals surface area contributed by atoms with Crippen molar-refractivity contribution in [3.63, 3.8) is 0 Å². The van der Waals surface area contributed by atoms with Crippen LogP contribution >= 0.6 is 0 Å². The Bertz CT molecular complexity index is 747. The number of benzene rings is 2. The molecular formula is C22H27F2N2O2+. The molecule has 1 fully saturated rings. The van der Waals surface area contributed by atoms with Crippen molar-refractivity contribution >= 4 is 5.91 Å². The number of halogens is 2. The molecule has 1 amide bonds. The minimum absolute atomic E-state index is 0.0329. The highest BCUT2D eigenvalue weighted by Gasteiger charge is 2.27. The molecule has 0 saturated heterocycles. The molecule has 0 radical (unpaired) electrons. The van der Waals surface area contributed by atoms with Gasteiger partial charge in [0, 0.05) is 17.2 Å². The van der Waals surface area contributed by atoms with E-state index in [4.69, 9.17) is 0 Å². The maximum Gasteiger partial charge on any atom is 0.387 e. The fourth-order valence-corrected chi connectivity index (χ4v) is 3.71. The minimum atomic E-state index is -2.85. The minimum Gasteiger partial charge on any atom is -0.435 e. The van der Waals surface area contributed by atoms with Gasteiger partial charge in [-0.2, -0.15) is 8.78 Å². The van der Waals surface area contributed by atoms with Gasteiger partial charge >= 0.3 is 6.61 Å². The number of amides is 1. The number of carbonyl (C=O) groups is 1. The molecule has 6 heteroatoms. The summed E-state index contributed by atoms with van der Waals surface area (Å²) in [4.78, 5) is 12.6. The molecule has 4 nitrogen and oxygen atoms in total. The second-order valence-corrected chi connectivity index (χ2v) is 7.31. The molecule has 1 saturated carbocycles. The number of rotatable bonds is 8. The van der Waals surface area contributed by atoms with Crippen LogP contribution in [0.15, 0.2) is 54.6 Å². The third kappa shape index (κ3) is 5.52. The molecule has 2 aromatic carbocycles. The van der Waals surface area contributed by atoms with Crippen LogP contribution < -0.4 is 15.4 Å². The molecule has 0 bridgehead atoms. The number of carbonyl (C=O) groups excluding carboxylic acids is 1. The molecular weight excluding hydrogens is 362 g/mol. The molecule has 2 aromatic rings. The van der Waals surface area contributed by atoms with Crippen LogP contribution in [-0.2, 0) is 4.79 Å². The quantitative estimate of drug-likeness (QED) is 0.727. The van der Waals surface area contributed by atoms with E-state index in [1.54, 1.807) is 12.1 Å². The lowest BCUT2D eigenvalue weighted by molar-refractivity contribution is -0.704. The zero-order valence-corrected chi connectivity index (χ0v) is 16.0. The molecule has 150 valence electrons. The van der Waals surface area contributed by atoms with E-state index in [1.807, 2.05) is 42.6 Å². The summed E-state index contributed by atoms with van der Waals surface area (Å²) in [6, 6.07) is 16.4. The van der Waals surface area contributed by atoms with Gasteiger partial charge in [0.15, 0.2) is 6.04 Å². The van der Waals surface area contributed by atoms with E-state index in [0.717, 1.165) is 24.0 Å². The molecule has 2 atom stereocenters. The van der Waals surface area contributed by atoms with Gasteiger partial charge < -0.3 is 15.4 Å². The monoisotopic (exact) mass is 389 g/mol. The Labute approximate surface area is 164 Å². The van der Waals surface area contributed by atoms with Gasteiger partial charge in [-0.25, -0.2) is 0 Å². The summed E-state index contributed by atoms with van der Waals surface area (Å²) in [6.45, 7) is -0.948. The topological polar surface area (TPSA) is 54.9 Å². The third-order valence-electron chi connectivity index (χ3n) is 5.22. The Morgan fingerprint density at radius 2 is 1.64 bits per heavy atom. The lowest BCUT2D eigenvalue weighted by atomic mass is 9.97. The zero-order valence-electron chi connectivity index (χ0n) is 16.0. The maximum absolute atomic E-state index is 12.6. The number of hydrogen-bond acceptors (Lipinski definition) is 2. The van der Waals surface area contributed by atoms with Gasteiger partial charge in [0.1, 0.15) is 11.8 Å². The summed E-state index contributed by atoms with van der Waals surface area (Å²) in [5, 5.41) is 5.16. The maximum atomic E-state index is 12.6. The van der Waals surface area contributed by atoms with E-state index in [0.29, 0.717) is 0 Å². The molecule has 0 aliphatic heterocycles. The Kier molecular flexibility index (Phi) is 6.98. The van der Waals surface area contributed by atoms with Gasteiger partial charge in [-0.1, -0.05) is 43.2 Å². The van der Waals surface area contributed by atoms with E-state index in [1.165, 1.54) is 25.0 Å². The number of quaternary nitrogens is 1. The van der Waals surface area contributed by atoms with Gasteiger partial charge in [-0.05, 0) is 44.0 Å². The van der Waals surface area contributed by atoms with Crippen molar-refractivity contribution in [3.8, 4) is 5.75 Å². The highest BCUT2D eigenvalue weighted by atomic mass is 19.3. The molecule has 3 N–H and O–H groups in total. The second-order valence-electron chi connectivity index (χ2n) is 7.31. The summed E-state index contributed by atoms with van der Waals surface area (Å²) in [6.07, 6.45) is 4.43. The van der Waals surface area contributed by atoms with Gasteiger partial charge in [-0.15, -0.1) is 0 Å². The van der Waals surface area contributed by atoms with Crippen molar-refractivity contribution < 1.29 is 23.6 Å². The van der Waals surface area contributed by atoms with E-state index >= 15 is 0 Å². The van der Waals surface area contributed by atoms with Crippen LogP contribution in [0, 0.1) is 0 Å². The molecule has 28 heavy (non-hydrogen) atoms. The standard InChI is InChI=1S/C22H26F2N2O2/c1-15(21(27)26-18-9-5-6-10-18)25-20(16-7-3-2-4-8-16)17-11-13-19(14-12-17)28-22(23)24/h2-4,7-8,11-15,18,20,22,25H,5-6,9-10H2,1H3,(H,26,27)/p+1/t15-,20-/m1/s1. The third-order valence-corrected chi connectivity index (χ3v) is 5.22. The van der Waals surface area contributed by atoms with Gasteiger partial charge in [0.25, 0.3) is 5.91 Å². The summed E-state index contributed by atoms with van der Waals surface area (Å²) in [5.74, 6) is 0.156. The van der Waals surface area contributed by atoms with Crippen LogP contribution in [0.1, 0.15) is 49.8 Å². The summed E-state index contributed by atoms with van der Waals surface area (Å²) >= 11 is 0. The smallest absolute Gasteiger partial charge is 0.387 e. The summed E-state index contributed by atoms with van der Waals surface area (Å²) in [5.41, 5.74) is 1.97. The van der Waals surface area contributed by atoms with Crippen LogP contribution in [0.5, 0.6) is 5.75 Å². The van der Waals surface area contributed by atoms with Crippen molar-refractivity contribution in [2.24, 2.45) is 0 Å². The normalized spacial score (nSPS) is 16.7. The largest absolute Gasteiger partial charge is 0.435 e. The number of ether oxygens (including phenoxy) is 1. The predicted octanol–water partition coefficient (Wildman–Crippen LogP) is 3.39. The first-order valence-corrected chi connectivity index (χ1v) is 9.78. The Morgan fingerprint density at radius 3 is 2.25 bits per heavy atom. The van der Waals surface area contributed by atoms with Gasteiger partial charge in [0.05, 0.1) is 0 Å². The van der Waals surface area contributed by atoms with Crippen LogP contribution in [0.25, 0.3) is 0 Å². The lowest BCUT2D eigenvalue weighted by Gasteiger charge is -2.22. The summed E-state index contributed by atoms with van der Waals surface area (Å²) < 4.78 is 29.2. The Balaban J connectivity index is 1.74. The molecule has 0 spiro atoms. The SMILES string of the molecule is C[C@@H]([NH2+][C@H](c1ccccc1)c1ccc(OC(F)F)cc1)C(=O)NC1CCCC1. The molecule has 0 heterocycles. The first kappa shape index (κ1) is 20.3. The first-order chi connectivity index (χ1) is 13.5. The second kappa shape index (κ2) is 9.64. The van der Waals surface area contributed by atoms with Crippen LogP contribution in [0.3, 0.4) is 0 Å². The van der Waals surface area contributed by atoms with Crippen molar-refractivity contribution in [1.29, 1.82) is 0 Å². The molecule has 3 rings (SSSR count). The number of nitrogens with two attached hydrogens (primary N) is 1. The van der Waals surface area contributed by atoms with Crippen molar-refractivity contribution in [2.45, 2.75) is 57.3 Å². The average molecular weight is 389 g/mol. The van der Waals surface area contributed by atoms with Crippen molar-refractivity contribution in [1.82, 2.24) is 5.32 Å². The predicted molar refractivity (Wildman–Crippen MR) is 103 cm³/mol.